The summed E-state index contributed by atoms with van der Waals surface area (Å²) in [6, 6.07) is 6.25. The smallest absolute Gasteiger partial charge is 0.251 e. The normalized spacial score (nSPS) is 23.3. The van der Waals surface area contributed by atoms with Crippen LogP contribution in [0.1, 0.15) is 42.5 Å². The molecule has 1 saturated carbocycles. The van der Waals surface area contributed by atoms with Crippen LogP contribution in [0.2, 0.25) is 0 Å². The van der Waals surface area contributed by atoms with Gasteiger partial charge >= 0.3 is 0 Å². The predicted molar refractivity (Wildman–Crippen MR) is 96.4 cm³/mol. The van der Waals surface area contributed by atoms with Gasteiger partial charge in [-0.15, -0.1) is 0 Å². The van der Waals surface area contributed by atoms with E-state index in [0.29, 0.717) is 5.56 Å². The molecule has 1 amide bonds. The van der Waals surface area contributed by atoms with Gasteiger partial charge in [0.1, 0.15) is 0 Å². The highest BCUT2D eigenvalue weighted by Crippen LogP contribution is 2.20. The van der Waals surface area contributed by atoms with Gasteiger partial charge in [0.05, 0.1) is 24.2 Å². The molecule has 1 aromatic carbocycles. The van der Waals surface area contributed by atoms with Crippen molar-refractivity contribution in [2.45, 2.75) is 49.1 Å². The minimum Gasteiger partial charge on any atom is -0.389 e. The second-order valence-electron chi connectivity index (χ2n) is 6.93. The van der Waals surface area contributed by atoms with E-state index in [2.05, 4.69) is 5.32 Å². The van der Waals surface area contributed by atoms with Crippen molar-refractivity contribution in [3.63, 3.8) is 0 Å². The quantitative estimate of drug-likeness (QED) is 0.814. The highest BCUT2D eigenvalue weighted by atomic mass is 32.2. The van der Waals surface area contributed by atoms with Gasteiger partial charge < -0.3 is 15.2 Å². The summed E-state index contributed by atoms with van der Waals surface area (Å²) >= 11 is 0. The molecular weight excluding hydrogens is 356 g/mol. The molecule has 0 bridgehead atoms. The van der Waals surface area contributed by atoms with Crippen LogP contribution in [0.25, 0.3) is 0 Å². The summed E-state index contributed by atoms with van der Waals surface area (Å²) in [6.45, 7) is 0.521. The molecule has 144 valence electrons. The number of nitrogens with zero attached hydrogens (tertiary/aromatic N) is 1. The van der Waals surface area contributed by atoms with E-state index in [0.717, 1.165) is 25.7 Å². The lowest BCUT2D eigenvalue weighted by molar-refractivity contribution is 0.0583. The van der Waals surface area contributed by atoms with Crippen molar-refractivity contribution in [2.75, 3.05) is 26.3 Å². The van der Waals surface area contributed by atoms with Gasteiger partial charge in [-0.25, -0.2) is 8.42 Å². The van der Waals surface area contributed by atoms with E-state index in [1.807, 2.05) is 0 Å². The molecule has 26 heavy (non-hydrogen) atoms. The Morgan fingerprint density at radius 2 is 2.00 bits per heavy atom. The Kier molecular flexibility index (Phi) is 6.29. The fourth-order valence-corrected chi connectivity index (χ4v) is 4.95. The third-order valence-corrected chi connectivity index (χ3v) is 6.75. The Morgan fingerprint density at radius 3 is 2.77 bits per heavy atom. The van der Waals surface area contributed by atoms with E-state index in [9.17, 15) is 18.3 Å². The molecule has 2 fully saturated rings. The number of β-amino-alcohol motifs (C(OH)–C–C–N with tert-alkyl or cyclic N) is 1. The van der Waals surface area contributed by atoms with Crippen LogP contribution >= 0.6 is 0 Å². The first kappa shape index (κ1) is 19.3. The van der Waals surface area contributed by atoms with Crippen molar-refractivity contribution in [3.05, 3.63) is 29.8 Å². The minimum atomic E-state index is -3.79. The monoisotopic (exact) mass is 382 g/mol. The van der Waals surface area contributed by atoms with Crippen molar-refractivity contribution in [1.82, 2.24) is 9.62 Å². The van der Waals surface area contributed by atoms with E-state index in [1.54, 1.807) is 12.1 Å². The number of amides is 1. The summed E-state index contributed by atoms with van der Waals surface area (Å²) in [4.78, 5) is 12.6. The SMILES string of the molecule is O=C(NC1CCCCC1)c1cccc(S(=O)(=O)N2CCOCC(O)C2)c1. The molecule has 0 aromatic heterocycles. The van der Waals surface area contributed by atoms with Crippen LogP contribution in [0.3, 0.4) is 0 Å². The molecule has 1 atom stereocenters. The molecule has 1 saturated heterocycles. The molecule has 1 aromatic rings. The van der Waals surface area contributed by atoms with Crippen molar-refractivity contribution < 1.29 is 23.1 Å². The molecule has 8 heteroatoms. The third-order valence-electron chi connectivity index (χ3n) is 4.88. The summed E-state index contributed by atoms with van der Waals surface area (Å²) in [7, 11) is -3.79. The molecule has 2 aliphatic rings. The summed E-state index contributed by atoms with van der Waals surface area (Å²) < 4.78 is 32.2. The number of carbonyl (C=O) groups is 1. The van der Waals surface area contributed by atoms with Crippen LogP contribution < -0.4 is 5.32 Å². The number of hydrogen-bond acceptors (Lipinski definition) is 5. The van der Waals surface area contributed by atoms with E-state index >= 15 is 0 Å². The van der Waals surface area contributed by atoms with E-state index in [1.165, 1.54) is 22.9 Å². The van der Waals surface area contributed by atoms with Crippen LogP contribution in [0.5, 0.6) is 0 Å². The summed E-state index contributed by atoms with van der Waals surface area (Å²) in [5.74, 6) is -0.242. The van der Waals surface area contributed by atoms with Gasteiger partial charge in [0.2, 0.25) is 10.0 Å². The number of nitrogens with one attached hydrogen (secondary N) is 1. The standard InChI is InChI=1S/C18H26N2O5S/c21-16-12-20(9-10-25-13-16)26(23,24)17-8-4-5-14(11-17)18(22)19-15-6-2-1-3-7-15/h4-5,8,11,15-16,21H,1-3,6-7,9-10,12-13H2,(H,19,22). The first-order chi connectivity index (χ1) is 12.5. The first-order valence-corrected chi connectivity index (χ1v) is 10.6. The third kappa shape index (κ3) is 4.62. The second-order valence-corrected chi connectivity index (χ2v) is 8.87. The second kappa shape index (κ2) is 8.47. The van der Waals surface area contributed by atoms with Gasteiger partial charge in [-0.3, -0.25) is 4.79 Å². The lowest BCUT2D eigenvalue weighted by atomic mass is 9.95. The van der Waals surface area contributed by atoms with Crippen molar-refractivity contribution in [3.8, 4) is 0 Å². The number of rotatable bonds is 4. The van der Waals surface area contributed by atoms with Gasteiger partial charge in [0, 0.05) is 24.7 Å². The molecule has 3 rings (SSSR count). The number of ether oxygens (including phenoxy) is 1. The summed E-state index contributed by atoms with van der Waals surface area (Å²) in [5, 5.41) is 12.8. The molecule has 1 heterocycles. The van der Waals surface area contributed by atoms with Crippen LogP contribution in [0, 0.1) is 0 Å². The molecule has 2 N–H and O–H groups in total. The van der Waals surface area contributed by atoms with Gasteiger partial charge in [0.15, 0.2) is 0 Å². The highest BCUT2D eigenvalue weighted by molar-refractivity contribution is 7.89. The topological polar surface area (TPSA) is 95.9 Å². The van der Waals surface area contributed by atoms with E-state index < -0.39 is 16.1 Å². The predicted octanol–water partition coefficient (Wildman–Crippen LogP) is 1.13. The van der Waals surface area contributed by atoms with Gasteiger partial charge in [-0.05, 0) is 31.0 Å². The lowest BCUT2D eigenvalue weighted by Crippen LogP contribution is -2.38. The fourth-order valence-electron chi connectivity index (χ4n) is 3.45. The average Bonchev–Trinajstić information content (AvgIpc) is 2.87. The lowest BCUT2D eigenvalue weighted by Gasteiger charge is -2.23. The summed E-state index contributed by atoms with van der Waals surface area (Å²) in [6.07, 6.45) is 4.50. The van der Waals surface area contributed by atoms with Crippen LogP contribution in [0.4, 0.5) is 0 Å². The highest BCUT2D eigenvalue weighted by Gasteiger charge is 2.29. The number of benzene rings is 1. The zero-order chi connectivity index (χ0) is 18.6. The van der Waals surface area contributed by atoms with Crippen molar-refractivity contribution in [2.24, 2.45) is 0 Å². The average molecular weight is 382 g/mol. The Balaban J connectivity index is 1.75. The molecule has 7 nitrogen and oxygen atoms in total. The molecule has 0 spiro atoms. The van der Waals surface area contributed by atoms with E-state index in [4.69, 9.17) is 4.74 Å². The molecule has 1 unspecified atom stereocenters. The molecule has 1 aliphatic heterocycles. The zero-order valence-corrected chi connectivity index (χ0v) is 15.6. The molecular formula is C18H26N2O5S. The molecule has 1 aliphatic carbocycles. The number of aliphatic hydroxyl groups excluding tert-OH is 1. The maximum atomic E-state index is 12.9. The Morgan fingerprint density at radius 1 is 1.23 bits per heavy atom. The number of carbonyl (C=O) groups excluding carboxylic acids is 1. The Hall–Kier alpha value is -1.48. The Labute approximate surface area is 154 Å². The first-order valence-electron chi connectivity index (χ1n) is 9.14. The zero-order valence-electron chi connectivity index (χ0n) is 14.8. The number of sulfonamides is 1. The van der Waals surface area contributed by atoms with Crippen LogP contribution in [-0.4, -0.2) is 62.2 Å². The minimum absolute atomic E-state index is 0.0131. The Bertz CT molecular complexity index is 731. The maximum absolute atomic E-state index is 12.9. The van der Waals surface area contributed by atoms with E-state index in [-0.39, 0.29) is 43.1 Å². The fraction of sp³-hybridized carbons (Fsp3) is 0.611. The van der Waals surface area contributed by atoms with Crippen LogP contribution in [-0.2, 0) is 14.8 Å². The van der Waals surface area contributed by atoms with Gasteiger partial charge in [-0.1, -0.05) is 25.3 Å². The van der Waals surface area contributed by atoms with Gasteiger partial charge in [0.25, 0.3) is 5.91 Å². The number of aliphatic hydroxyl groups is 1. The van der Waals surface area contributed by atoms with Crippen molar-refractivity contribution in [1.29, 1.82) is 0 Å². The van der Waals surface area contributed by atoms with Crippen molar-refractivity contribution >= 4 is 15.9 Å². The van der Waals surface area contributed by atoms with Crippen LogP contribution in [0.15, 0.2) is 29.2 Å². The maximum Gasteiger partial charge on any atom is 0.251 e. The van der Waals surface area contributed by atoms with Gasteiger partial charge in [-0.2, -0.15) is 4.31 Å². The number of hydrogen-bond donors (Lipinski definition) is 2. The summed E-state index contributed by atoms with van der Waals surface area (Å²) in [5.41, 5.74) is 0.336. The molecule has 0 radical (unpaired) electrons. The largest absolute Gasteiger partial charge is 0.389 e.